The van der Waals surface area contributed by atoms with Crippen molar-refractivity contribution in [2.75, 3.05) is 13.2 Å². The maximum atomic E-state index is 11.8. The number of ether oxygens (including phenoxy) is 2. The average molecular weight is 275 g/mol. The van der Waals surface area contributed by atoms with Crippen LogP contribution >= 0.6 is 0 Å². The summed E-state index contributed by atoms with van der Waals surface area (Å²) in [5, 5.41) is 9.07. The van der Waals surface area contributed by atoms with Crippen LogP contribution in [-0.2, 0) is 14.3 Å². The number of benzene rings is 1. The highest BCUT2D eigenvalue weighted by molar-refractivity contribution is 6.36. The van der Waals surface area contributed by atoms with E-state index >= 15 is 0 Å². The predicted octanol–water partition coefficient (Wildman–Crippen LogP) is 2.21. The van der Waals surface area contributed by atoms with Crippen molar-refractivity contribution in [3.63, 3.8) is 0 Å². The Kier molecular flexibility index (Phi) is 6.24. The minimum Gasteiger partial charge on any atom is -0.494 e. The highest BCUT2D eigenvalue weighted by atomic mass is 16.5. The molecule has 0 fully saturated rings. The number of esters is 1. The molecule has 0 radical (unpaired) electrons. The molecule has 5 heteroatoms. The maximum absolute atomic E-state index is 11.8. The predicted molar refractivity (Wildman–Crippen MR) is 72.2 cm³/mol. The molecule has 0 aromatic heterocycles. The third-order valence-corrected chi connectivity index (χ3v) is 2.55. The fourth-order valence-electron chi connectivity index (χ4n) is 1.58. The summed E-state index contributed by atoms with van der Waals surface area (Å²) in [6, 6.07) is 8.39. The van der Waals surface area contributed by atoms with E-state index in [9.17, 15) is 9.59 Å². The van der Waals surface area contributed by atoms with Gasteiger partial charge in [0.05, 0.1) is 19.3 Å². The van der Waals surface area contributed by atoms with Gasteiger partial charge in [-0.3, -0.25) is 4.79 Å². The van der Waals surface area contributed by atoms with Crippen LogP contribution < -0.4 is 4.74 Å². The van der Waals surface area contributed by atoms with Crippen LogP contribution in [-0.4, -0.2) is 25.0 Å². The summed E-state index contributed by atoms with van der Waals surface area (Å²) in [6.45, 7) is 4.31. The number of carbonyl (C=O) groups excluding carboxylic acids is 2. The molecule has 1 rings (SSSR count). The van der Waals surface area contributed by atoms with Crippen LogP contribution in [0, 0.1) is 11.3 Å². The molecule has 0 spiro atoms. The van der Waals surface area contributed by atoms with Crippen molar-refractivity contribution < 1.29 is 19.1 Å². The van der Waals surface area contributed by atoms with Gasteiger partial charge in [0.25, 0.3) is 5.78 Å². The Morgan fingerprint density at radius 2 is 1.90 bits per heavy atom. The number of carbonyl (C=O) groups is 2. The lowest BCUT2D eigenvalue weighted by atomic mass is 9.96. The van der Waals surface area contributed by atoms with Crippen molar-refractivity contribution in [2.24, 2.45) is 0 Å². The third kappa shape index (κ3) is 4.09. The second kappa shape index (κ2) is 7.95. The van der Waals surface area contributed by atoms with Gasteiger partial charge < -0.3 is 9.47 Å². The molecule has 0 saturated carbocycles. The van der Waals surface area contributed by atoms with Crippen molar-refractivity contribution in [2.45, 2.75) is 26.2 Å². The number of nitrogens with zero attached hydrogens (tertiary/aromatic N) is 1. The van der Waals surface area contributed by atoms with E-state index in [2.05, 4.69) is 4.74 Å². The molecule has 0 heterocycles. The first-order chi connectivity index (χ1) is 9.63. The molecule has 0 bridgehead atoms. The average Bonchev–Trinajstić information content (AvgIpc) is 2.47. The molecule has 0 unspecified atom stereocenters. The monoisotopic (exact) mass is 275 g/mol. The van der Waals surface area contributed by atoms with Crippen molar-refractivity contribution in [1.82, 2.24) is 0 Å². The molecule has 0 aliphatic carbocycles. The van der Waals surface area contributed by atoms with Gasteiger partial charge in [-0.05, 0) is 31.0 Å². The largest absolute Gasteiger partial charge is 0.494 e. The van der Waals surface area contributed by atoms with Gasteiger partial charge in [0.1, 0.15) is 11.7 Å². The van der Waals surface area contributed by atoms with E-state index in [1.807, 2.05) is 13.0 Å². The van der Waals surface area contributed by atoms with E-state index in [0.717, 1.165) is 6.42 Å². The van der Waals surface area contributed by atoms with E-state index in [1.54, 1.807) is 31.2 Å². The zero-order chi connectivity index (χ0) is 15.0. The molecule has 106 valence electrons. The SMILES string of the molecule is CCCOc1ccc([C@H](C#N)C(=O)C(=O)OCC)cc1. The van der Waals surface area contributed by atoms with Gasteiger partial charge >= 0.3 is 5.97 Å². The van der Waals surface area contributed by atoms with E-state index in [0.29, 0.717) is 17.9 Å². The first-order valence-electron chi connectivity index (χ1n) is 6.47. The molecule has 0 saturated heterocycles. The molecule has 20 heavy (non-hydrogen) atoms. The maximum Gasteiger partial charge on any atom is 0.376 e. The lowest BCUT2D eigenvalue weighted by Gasteiger charge is -2.09. The number of hydrogen-bond acceptors (Lipinski definition) is 5. The second-order valence-corrected chi connectivity index (χ2v) is 4.06. The Bertz CT molecular complexity index is 502. The minimum absolute atomic E-state index is 0.104. The number of nitriles is 1. The fraction of sp³-hybridized carbons (Fsp3) is 0.400. The molecule has 0 amide bonds. The number of Topliss-reactive ketones (excluding diaryl/α,β-unsaturated/α-hetero) is 1. The van der Waals surface area contributed by atoms with Crippen molar-refractivity contribution in [3.8, 4) is 11.8 Å². The number of rotatable bonds is 7. The van der Waals surface area contributed by atoms with Crippen LogP contribution in [0.4, 0.5) is 0 Å². The smallest absolute Gasteiger partial charge is 0.376 e. The Labute approximate surface area is 118 Å². The highest BCUT2D eigenvalue weighted by Crippen LogP contribution is 2.20. The van der Waals surface area contributed by atoms with E-state index in [1.165, 1.54) is 0 Å². The Morgan fingerprint density at radius 3 is 2.40 bits per heavy atom. The number of ketones is 1. The Balaban J connectivity index is 2.83. The van der Waals surface area contributed by atoms with Gasteiger partial charge in [0.2, 0.25) is 0 Å². The van der Waals surface area contributed by atoms with Gasteiger partial charge in [-0.2, -0.15) is 5.26 Å². The van der Waals surface area contributed by atoms with Crippen LogP contribution in [0.1, 0.15) is 31.7 Å². The fourth-order valence-corrected chi connectivity index (χ4v) is 1.58. The highest BCUT2D eigenvalue weighted by Gasteiger charge is 2.27. The number of hydrogen-bond donors (Lipinski definition) is 0. The summed E-state index contributed by atoms with van der Waals surface area (Å²) in [5.74, 6) is -2.31. The van der Waals surface area contributed by atoms with Crippen LogP contribution in [0.2, 0.25) is 0 Å². The van der Waals surface area contributed by atoms with Crippen molar-refractivity contribution in [1.29, 1.82) is 5.26 Å². The molecule has 1 aromatic rings. The molecular formula is C15H17NO4. The summed E-state index contributed by atoms with van der Waals surface area (Å²) >= 11 is 0. The summed E-state index contributed by atoms with van der Waals surface area (Å²) in [7, 11) is 0. The van der Waals surface area contributed by atoms with Crippen molar-refractivity contribution >= 4 is 11.8 Å². The summed E-state index contributed by atoms with van der Waals surface area (Å²) in [5.41, 5.74) is 0.453. The van der Waals surface area contributed by atoms with Crippen LogP contribution in [0.15, 0.2) is 24.3 Å². The lowest BCUT2D eigenvalue weighted by Crippen LogP contribution is -2.23. The minimum atomic E-state index is -1.14. The lowest BCUT2D eigenvalue weighted by molar-refractivity contribution is -0.153. The zero-order valence-corrected chi connectivity index (χ0v) is 11.6. The van der Waals surface area contributed by atoms with Crippen molar-refractivity contribution in [3.05, 3.63) is 29.8 Å². The van der Waals surface area contributed by atoms with Gasteiger partial charge in [-0.1, -0.05) is 19.1 Å². The quantitative estimate of drug-likeness (QED) is 0.563. The second-order valence-electron chi connectivity index (χ2n) is 4.06. The molecule has 1 aromatic carbocycles. The zero-order valence-electron chi connectivity index (χ0n) is 11.6. The first kappa shape index (κ1) is 15.7. The molecular weight excluding hydrogens is 258 g/mol. The van der Waals surface area contributed by atoms with Crippen LogP contribution in [0.5, 0.6) is 5.75 Å². The molecule has 1 atom stereocenters. The molecule has 5 nitrogen and oxygen atoms in total. The van der Waals surface area contributed by atoms with Crippen LogP contribution in [0.3, 0.4) is 0 Å². The summed E-state index contributed by atoms with van der Waals surface area (Å²) in [6.07, 6.45) is 0.893. The first-order valence-corrected chi connectivity index (χ1v) is 6.47. The topological polar surface area (TPSA) is 76.4 Å². The van der Waals surface area contributed by atoms with E-state index in [4.69, 9.17) is 10.00 Å². The molecule has 0 aliphatic rings. The standard InChI is InChI=1S/C15H17NO4/c1-3-9-20-12-7-5-11(6-8-12)13(10-16)14(17)15(18)19-4-2/h5-8,13H,3-4,9H2,1-2H3/t13-/m0/s1. The third-order valence-electron chi connectivity index (χ3n) is 2.55. The van der Waals surface area contributed by atoms with Gasteiger partial charge in [-0.15, -0.1) is 0 Å². The van der Waals surface area contributed by atoms with Gasteiger partial charge in [0.15, 0.2) is 0 Å². The Morgan fingerprint density at radius 1 is 1.25 bits per heavy atom. The Hall–Kier alpha value is -2.35. The molecule has 0 aliphatic heterocycles. The summed E-state index contributed by atoms with van der Waals surface area (Å²) in [4.78, 5) is 23.2. The van der Waals surface area contributed by atoms with E-state index < -0.39 is 17.7 Å². The van der Waals surface area contributed by atoms with E-state index in [-0.39, 0.29) is 6.61 Å². The normalized spacial score (nSPS) is 11.2. The van der Waals surface area contributed by atoms with Crippen LogP contribution in [0.25, 0.3) is 0 Å². The van der Waals surface area contributed by atoms with Gasteiger partial charge in [0, 0.05) is 0 Å². The van der Waals surface area contributed by atoms with Gasteiger partial charge in [-0.25, -0.2) is 4.79 Å². The molecule has 0 N–H and O–H groups in total. The summed E-state index contributed by atoms with van der Waals surface area (Å²) < 4.78 is 10.0.